The van der Waals surface area contributed by atoms with Crippen LogP contribution >= 0.6 is 22.6 Å². The molecule has 1 aromatic rings. The monoisotopic (exact) mass is 334 g/mol. The second-order valence-corrected chi connectivity index (χ2v) is 5.14. The normalized spacial score (nSPS) is 16.3. The highest BCUT2D eigenvalue weighted by Crippen LogP contribution is 2.30. The number of rotatable bonds is 3. The van der Waals surface area contributed by atoms with Crippen LogP contribution in [0.4, 0.5) is 0 Å². The molecule has 0 fully saturated rings. The fourth-order valence-electron chi connectivity index (χ4n) is 1.44. The number of hydrogen-bond donors (Lipinski definition) is 1. The van der Waals surface area contributed by atoms with E-state index in [2.05, 4.69) is 27.3 Å². The number of carbonyl (C=O) groups is 1. The molecule has 0 saturated carbocycles. The summed E-state index contributed by atoms with van der Waals surface area (Å²) in [5.41, 5.74) is -0.497. The fraction of sp³-hybridized carbons (Fsp3) is 0.417. The molecular weight excluding hydrogens is 319 g/mol. The van der Waals surface area contributed by atoms with Gasteiger partial charge in [0, 0.05) is 3.57 Å². The standard InChI is InChI=1S/C12H15IO3/c1-8(11(14)16-3)12(2,15)9-4-6-10(13)7-5-9/h4-8,15H,1-3H3. The largest absolute Gasteiger partial charge is 0.469 e. The molecule has 2 atom stereocenters. The van der Waals surface area contributed by atoms with Crippen LogP contribution in [0.1, 0.15) is 19.4 Å². The molecule has 0 saturated heterocycles. The molecule has 0 aliphatic rings. The minimum Gasteiger partial charge on any atom is -0.469 e. The first-order chi connectivity index (χ1) is 7.39. The Balaban J connectivity index is 3.01. The summed E-state index contributed by atoms with van der Waals surface area (Å²) >= 11 is 2.19. The van der Waals surface area contributed by atoms with E-state index < -0.39 is 17.5 Å². The van der Waals surface area contributed by atoms with Crippen molar-refractivity contribution < 1.29 is 14.6 Å². The van der Waals surface area contributed by atoms with Crippen LogP contribution in [-0.4, -0.2) is 18.2 Å². The molecule has 4 heteroatoms. The molecule has 88 valence electrons. The molecule has 3 nitrogen and oxygen atoms in total. The van der Waals surface area contributed by atoms with E-state index in [1.165, 1.54) is 7.11 Å². The van der Waals surface area contributed by atoms with Gasteiger partial charge in [-0.3, -0.25) is 4.79 Å². The lowest BCUT2D eigenvalue weighted by atomic mass is 9.84. The van der Waals surface area contributed by atoms with E-state index in [1.54, 1.807) is 13.8 Å². The van der Waals surface area contributed by atoms with Crippen LogP contribution < -0.4 is 0 Å². The summed E-state index contributed by atoms with van der Waals surface area (Å²) in [6, 6.07) is 7.44. The summed E-state index contributed by atoms with van der Waals surface area (Å²) in [7, 11) is 1.32. The Morgan fingerprint density at radius 2 is 1.94 bits per heavy atom. The van der Waals surface area contributed by atoms with Crippen LogP contribution in [0, 0.1) is 9.49 Å². The molecule has 0 heterocycles. The Labute approximate surface area is 109 Å². The summed E-state index contributed by atoms with van der Waals surface area (Å²) in [6.45, 7) is 3.28. The van der Waals surface area contributed by atoms with Gasteiger partial charge in [0.1, 0.15) is 0 Å². The van der Waals surface area contributed by atoms with Crippen molar-refractivity contribution >= 4 is 28.6 Å². The van der Waals surface area contributed by atoms with Crippen LogP contribution in [-0.2, 0) is 15.1 Å². The van der Waals surface area contributed by atoms with Gasteiger partial charge in [0.25, 0.3) is 0 Å². The van der Waals surface area contributed by atoms with E-state index in [0.29, 0.717) is 5.56 Å². The van der Waals surface area contributed by atoms with Gasteiger partial charge in [0.05, 0.1) is 18.6 Å². The molecule has 1 aromatic carbocycles. The first-order valence-electron chi connectivity index (χ1n) is 4.96. The van der Waals surface area contributed by atoms with Crippen LogP contribution in [0.5, 0.6) is 0 Å². The number of benzene rings is 1. The van der Waals surface area contributed by atoms with Crippen LogP contribution in [0.3, 0.4) is 0 Å². The molecule has 2 unspecified atom stereocenters. The number of halogens is 1. The zero-order valence-corrected chi connectivity index (χ0v) is 11.7. The van der Waals surface area contributed by atoms with Crippen molar-refractivity contribution in [3.8, 4) is 0 Å². The second-order valence-electron chi connectivity index (χ2n) is 3.90. The van der Waals surface area contributed by atoms with Gasteiger partial charge in [-0.2, -0.15) is 0 Å². The molecule has 0 bridgehead atoms. The number of esters is 1. The highest BCUT2D eigenvalue weighted by Gasteiger charge is 2.36. The van der Waals surface area contributed by atoms with Crippen molar-refractivity contribution in [1.82, 2.24) is 0 Å². The third-order valence-electron chi connectivity index (χ3n) is 2.83. The molecule has 16 heavy (non-hydrogen) atoms. The minimum absolute atomic E-state index is 0.413. The van der Waals surface area contributed by atoms with Gasteiger partial charge < -0.3 is 9.84 Å². The minimum atomic E-state index is -1.21. The summed E-state index contributed by atoms with van der Waals surface area (Å²) in [6.07, 6.45) is 0. The average molecular weight is 334 g/mol. The highest BCUT2D eigenvalue weighted by molar-refractivity contribution is 14.1. The van der Waals surface area contributed by atoms with Gasteiger partial charge in [-0.1, -0.05) is 12.1 Å². The Morgan fingerprint density at radius 1 is 1.44 bits per heavy atom. The van der Waals surface area contributed by atoms with Crippen molar-refractivity contribution in [2.75, 3.05) is 7.11 Å². The number of hydrogen-bond acceptors (Lipinski definition) is 3. The van der Waals surface area contributed by atoms with E-state index in [0.717, 1.165) is 3.57 Å². The van der Waals surface area contributed by atoms with Gasteiger partial charge in [-0.05, 0) is 54.1 Å². The number of carbonyl (C=O) groups excluding carboxylic acids is 1. The lowest BCUT2D eigenvalue weighted by molar-refractivity contribution is -0.154. The SMILES string of the molecule is COC(=O)C(C)C(C)(O)c1ccc(I)cc1. The van der Waals surface area contributed by atoms with Crippen molar-refractivity contribution in [2.24, 2.45) is 5.92 Å². The fourth-order valence-corrected chi connectivity index (χ4v) is 1.80. The first-order valence-corrected chi connectivity index (χ1v) is 6.03. The molecule has 0 aliphatic heterocycles. The quantitative estimate of drug-likeness (QED) is 0.682. The van der Waals surface area contributed by atoms with Crippen LogP contribution in [0.2, 0.25) is 0 Å². The topological polar surface area (TPSA) is 46.5 Å². The maximum Gasteiger partial charge on any atom is 0.311 e. The molecule has 0 amide bonds. The van der Waals surface area contributed by atoms with Crippen molar-refractivity contribution in [3.05, 3.63) is 33.4 Å². The van der Waals surface area contributed by atoms with E-state index in [9.17, 15) is 9.90 Å². The van der Waals surface area contributed by atoms with Gasteiger partial charge >= 0.3 is 5.97 Å². The van der Waals surface area contributed by atoms with Gasteiger partial charge in [0.15, 0.2) is 0 Å². The molecule has 0 aliphatic carbocycles. The number of methoxy groups -OCH3 is 1. The predicted molar refractivity (Wildman–Crippen MR) is 69.9 cm³/mol. The van der Waals surface area contributed by atoms with Crippen LogP contribution in [0.15, 0.2) is 24.3 Å². The summed E-state index contributed by atoms with van der Waals surface area (Å²) < 4.78 is 5.73. The summed E-state index contributed by atoms with van der Waals surface area (Å²) in [4.78, 5) is 11.4. The van der Waals surface area contributed by atoms with Crippen molar-refractivity contribution in [1.29, 1.82) is 0 Å². The lowest BCUT2D eigenvalue weighted by Gasteiger charge is -2.28. The van der Waals surface area contributed by atoms with E-state index >= 15 is 0 Å². The van der Waals surface area contributed by atoms with Gasteiger partial charge in [-0.15, -0.1) is 0 Å². The average Bonchev–Trinajstić information content (AvgIpc) is 2.27. The Bertz CT molecular complexity index is 370. The summed E-state index contributed by atoms with van der Waals surface area (Å²) in [5, 5.41) is 10.3. The van der Waals surface area contributed by atoms with E-state index in [-0.39, 0.29) is 0 Å². The Kier molecular flexibility index (Phi) is 4.32. The Morgan fingerprint density at radius 3 is 2.38 bits per heavy atom. The predicted octanol–water partition coefficient (Wildman–Crippen LogP) is 2.31. The third-order valence-corrected chi connectivity index (χ3v) is 3.55. The maximum absolute atomic E-state index is 11.4. The van der Waals surface area contributed by atoms with Crippen molar-refractivity contribution in [3.63, 3.8) is 0 Å². The third kappa shape index (κ3) is 2.74. The van der Waals surface area contributed by atoms with E-state index in [1.807, 2.05) is 24.3 Å². The second kappa shape index (κ2) is 5.14. The highest BCUT2D eigenvalue weighted by atomic mass is 127. The first kappa shape index (κ1) is 13.4. The zero-order valence-electron chi connectivity index (χ0n) is 9.53. The van der Waals surface area contributed by atoms with Crippen LogP contribution in [0.25, 0.3) is 0 Å². The number of aliphatic hydroxyl groups is 1. The molecule has 1 N–H and O–H groups in total. The van der Waals surface area contributed by atoms with Crippen molar-refractivity contribution in [2.45, 2.75) is 19.4 Å². The molecule has 0 spiro atoms. The van der Waals surface area contributed by atoms with Gasteiger partial charge in [0.2, 0.25) is 0 Å². The molecule has 0 aromatic heterocycles. The molecular formula is C12H15IO3. The summed E-state index contributed by atoms with van der Waals surface area (Å²) in [5.74, 6) is -1.01. The molecule has 1 rings (SSSR count). The lowest BCUT2D eigenvalue weighted by Crippen LogP contribution is -2.35. The Hall–Kier alpha value is -0.620. The zero-order chi connectivity index (χ0) is 12.3. The smallest absolute Gasteiger partial charge is 0.311 e. The molecule has 0 radical (unpaired) electrons. The van der Waals surface area contributed by atoms with Gasteiger partial charge in [-0.25, -0.2) is 0 Å². The van der Waals surface area contributed by atoms with E-state index in [4.69, 9.17) is 0 Å². The number of ether oxygens (including phenoxy) is 1. The maximum atomic E-state index is 11.4.